The van der Waals surface area contributed by atoms with E-state index in [-0.39, 0.29) is 6.79 Å². The Bertz CT molecular complexity index is 1010. The molecule has 0 aliphatic carbocycles. The molecule has 1 aromatic heterocycles. The molecule has 0 spiro atoms. The number of aromatic nitrogens is 2. The van der Waals surface area contributed by atoms with Gasteiger partial charge in [-0.15, -0.1) is 10.2 Å². The molecule has 7 heteroatoms. The summed E-state index contributed by atoms with van der Waals surface area (Å²) in [5.74, 6) is 3.50. The van der Waals surface area contributed by atoms with Gasteiger partial charge in [0, 0.05) is 18.8 Å². The van der Waals surface area contributed by atoms with E-state index in [4.69, 9.17) is 23.4 Å². The third kappa shape index (κ3) is 3.21. The molecule has 5 rings (SSSR count). The van der Waals surface area contributed by atoms with E-state index >= 15 is 0 Å². The van der Waals surface area contributed by atoms with Crippen molar-refractivity contribution in [2.75, 3.05) is 27.1 Å². The molecule has 2 aliphatic rings. The van der Waals surface area contributed by atoms with Gasteiger partial charge in [0.15, 0.2) is 11.5 Å². The minimum atomic E-state index is -0.398. The number of para-hydroxylation sites is 1. The molecule has 1 saturated heterocycles. The Labute approximate surface area is 168 Å². The fourth-order valence-corrected chi connectivity index (χ4v) is 4.07. The minimum absolute atomic E-state index is 0.249. The second-order valence-corrected chi connectivity index (χ2v) is 7.25. The quantitative estimate of drug-likeness (QED) is 0.656. The molecule has 2 aliphatic heterocycles. The summed E-state index contributed by atoms with van der Waals surface area (Å²) < 4.78 is 28.3. The lowest BCUT2D eigenvalue weighted by atomic mass is 9.74. The van der Waals surface area contributed by atoms with Crippen LogP contribution in [0.5, 0.6) is 17.2 Å². The maximum Gasteiger partial charge on any atom is 0.231 e. The molecule has 3 aromatic rings. The molecule has 150 valence electrons. The maximum absolute atomic E-state index is 6.20. The Balaban J connectivity index is 1.50. The predicted molar refractivity (Wildman–Crippen MR) is 103 cm³/mol. The summed E-state index contributed by atoms with van der Waals surface area (Å²) in [5, 5.41) is 8.78. The zero-order chi connectivity index (χ0) is 19.7. The number of benzene rings is 2. The second kappa shape index (κ2) is 7.40. The van der Waals surface area contributed by atoms with Gasteiger partial charge in [-0.25, -0.2) is 0 Å². The summed E-state index contributed by atoms with van der Waals surface area (Å²) in [5.41, 5.74) is 1.69. The summed E-state index contributed by atoms with van der Waals surface area (Å²) >= 11 is 0. The van der Waals surface area contributed by atoms with E-state index in [9.17, 15) is 0 Å². The molecule has 1 fully saturated rings. The number of fused-ring (bicyclic) bond motifs is 1. The summed E-state index contributed by atoms with van der Waals surface area (Å²) in [6.07, 6.45) is 2.05. The first-order valence-corrected chi connectivity index (χ1v) is 9.71. The molecule has 3 heterocycles. The number of hydrogen-bond acceptors (Lipinski definition) is 7. The van der Waals surface area contributed by atoms with Crippen molar-refractivity contribution in [2.24, 2.45) is 0 Å². The zero-order valence-corrected chi connectivity index (χ0v) is 16.2. The number of hydrogen-bond donors (Lipinski definition) is 0. The van der Waals surface area contributed by atoms with Crippen molar-refractivity contribution >= 4 is 0 Å². The molecule has 0 radical (unpaired) electrons. The lowest BCUT2D eigenvalue weighted by molar-refractivity contribution is 0.0540. The third-order valence-electron chi connectivity index (χ3n) is 5.68. The first kappa shape index (κ1) is 18.0. The van der Waals surface area contributed by atoms with Crippen LogP contribution in [-0.2, 0) is 16.6 Å². The van der Waals surface area contributed by atoms with Gasteiger partial charge in [0.2, 0.25) is 18.6 Å². The largest absolute Gasteiger partial charge is 0.496 e. The van der Waals surface area contributed by atoms with Crippen molar-refractivity contribution < 1.29 is 23.4 Å². The predicted octanol–water partition coefficient (Wildman–Crippen LogP) is 3.49. The molecule has 0 saturated carbocycles. The van der Waals surface area contributed by atoms with Crippen molar-refractivity contribution in [2.45, 2.75) is 24.7 Å². The SMILES string of the molecule is COc1ccccc1Cc1nnc(C2(c3ccc4c(c3)OCO4)CCOCC2)o1. The lowest BCUT2D eigenvalue weighted by Crippen LogP contribution is -2.35. The van der Waals surface area contributed by atoms with Gasteiger partial charge in [-0.2, -0.15) is 0 Å². The summed E-state index contributed by atoms with van der Waals surface area (Å²) in [7, 11) is 1.66. The number of methoxy groups -OCH3 is 1. The van der Waals surface area contributed by atoms with Crippen molar-refractivity contribution in [3.63, 3.8) is 0 Å². The van der Waals surface area contributed by atoms with Crippen LogP contribution < -0.4 is 14.2 Å². The standard InChI is InChI=1S/C22H22N2O5/c1-25-17-5-3-2-4-15(17)12-20-23-24-21(29-20)22(8-10-26-11-9-22)16-6-7-18-19(13-16)28-14-27-18/h2-7,13H,8-12,14H2,1H3. The summed E-state index contributed by atoms with van der Waals surface area (Å²) in [6, 6.07) is 13.9. The highest BCUT2D eigenvalue weighted by atomic mass is 16.7. The van der Waals surface area contributed by atoms with Gasteiger partial charge in [-0.3, -0.25) is 0 Å². The van der Waals surface area contributed by atoms with Crippen LogP contribution in [0.1, 0.15) is 35.7 Å². The van der Waals surface area contributed by atoms with E-state index in [0.717, 1.165) is 41.2 Å². The van der Waals surface area contributed by atoms with Gasteiger partial charge in [-0.1, -0.05) is 24.3 Å². The fraction of sp³-hybridized carbons (Fsp3) is 0.364. The Kier molecular flexibility index (Phi) is 4.60. The Hall–Kier alpha value is -3.06. The van der Waals surface area contributed by atoms with Crippen molar-refractivity contribution in [3.8, 4) is 17.2 Å². The summed E-state index contributed by atoms with van der Waals surface area (Å²) in [4.78, 5) is 0. The van der Waals surface area contributed by atoms with E-state index in [1.54, 1.807) is 7.11 Å². The van der Waals surface area contributed by atoms with Crippen molar-refractivity contribution in [3.05, 3.63) is 65.4 Å². The Morgan fingerprint density at radius 3 is 2.69 bits per heavy atom. The number of ether oxygens (including phenoxy) is 4. The molecule has 2 aromatic carbocycles. The smallest absolute Gasteiger partial charge is 0.231 e. The highest BCUT2D eigenvalue weighted by Crippen LogP contribution is 2.44. The topological polar surface area (TPSA) is 75.8 Å². The van der Waals surface area contributed by atoms with Gasteiger partial charge < -0.3 is 23.4 Å². The average Bonchev–Trinajstić information content (AvgIpc) is 3.44. The van der Waals surface area contributed by atoms with Crippen LogP contribution in [0.3, 0.4) is 0 Å². The van der Waals surface area contributed by atoms with E-state index in [1.165, 1.54) is 0 Å². The zero-order valence-electron chi connectivity index (χ0n) is 16.2. The van der Waals surface area contributed by atoms with Gasteiger partial charge in [0.05, 0.1) is 18.9 Å². The first-order valence-electron chi connectivity index (χ1n) is 9.71. The molecule has 0 N–H and O–H groups in total. The van der Waals surface area contributed by atoms with Crippen LogP contribution >= 0.6 is 0 Å². The molecule has 0 bridgehead atoms. The van der Waals surface area contributed by atoms with Gasteiger partial charge in [0.1, 0.15) is 5.75 Å². The average molecular weight is 394 g/mol. The molecule has 0 unspecified atom stereocenters. The summed E-state index contributed by atoms with van der Waals surface area (Å²) in [6.45, 7) is 1.52. The molecular weight excluding hydrogens is 372 g/mol. The highest BCUT2D eigenvalue weighted by Gasteiger charge is 2.42. The van der Waals surface area contributed by atoms with E-state index in [2.05, 4.69) is 16.3 Å². The van der Waals surface area contributed by atoms with Crippen LogP contribution in [0.4, 0.5) is 0 Å². The first-order chi connectivity index (χ1) is 14.3. The highest BCUT2D eigenvalue weighted by molar-refractivity contribution is 5.48. The fourth-order valence-electron chi connectivity index (χ4n) is 4.07. The second-order valence-electron chi connectivity index (χ2n) is 7.25. The number of rotatable bonds is 5. The maximum atomic E-state index is 6.20. The van der Waals surface area contributed by atoms with Crippen molar-refractivity contribution in [1.29, 1.82) is 0 Å². The van der Waals surface area contributed by atoms with Crippen LogP contribution in [-0.4, -0.2) is 37.3 Å². The number of nitrogens with zero attached hydrogens (tertiary/aromatic N) is 2. The molecule has 29 heavy (non-hydrogen) atoms. The van der Waals surface area contributed by atoms with Gasteiger partial charge in [-0.05, 0) is 36.6 Å². The van der Waals surface area contributed by atoms with Gasteiger partial charge in [0.25, 0.3) is 0 Å². The van der Waals surface area contributed by atoms with Crippen molar-refractivity contribution in [1.82, 2.24) is 10.2 Å². The van der Waals surface area contributed by atoms with E-state index in [0.29, 0.717) is 31.4 Å². The molecule has 0 atom stereocenters. The van der Waals surface area contributed by atoms with E-state index in [1.807, 2.05) is 36.4 Å². The minimum Gasteiger partial charge on any atom is -0.496 e. The van der Waals surface area contributed by atoms with Crippen LogP contribution in [0.25, 0.3) is 0 Å². The lowest BCUT2D eigenvalue weighted by Gasteiger charge is -2.34. The normalized spacial score (nSPS) is 17.3. The van der Waals surface area contributed by atoms with Crippen LogP contribution in [0.2, 0.25) is 0 Å². The Morgan fingerprint density at radius 2 is 1.83 bits per heavy atom. The van der Waals surface area contributed by atoms with Gasteiger partial charge >= 0.3 is 0 Å². The van der Waals surface area contributed by atoms with Crippen LogP contribution in [0.15, 0.2) is 46.9 Å². The molecule has 0 amide bonds. The molecular formula is C22H22N2O5. The Morgan fingerprint density at radius 1 is 1.00 bits per heavy atom. The van der Waals surface area contributed by atoms with E-state index < -0.39 is 5.41 Å². The molecule has 7 nitrogen and oxygen atoms in total. The van der Waals surface area contributed by atoms with Crippen LogP contribution in [0, 0.1) is 0 Å². The monoisotopic (exact) mass is 394 g/mol. The third-order valence-corrected chi connectivity index (χ3v) is 5.68.